The molecule has 0 saturated heterocycles. The summed E-state index contributed by atoms with van der Waals surface area (Å²) in [6, 6.07) is -1.54. The second-order valence-corrected chi connectivity index (χ2v) is 4.49. The fourth-order valence-electron chi connectivity index (χ4n) is 1.43. The Labute approximate surface area is 106 Å². The number of carbonyl (C=O) groups excluding carboxylic acids is 2. The lowest BCUT2D eigenvalue weighted by Crippen LogP contribution is -2.50. The Morgan fingerprint density at radius 3 is 2.22 bits per heavy atom. The van der Waals surface area contributed by atoms with Gasteiger partial charge < -0.3 is 21.1 Å². The molecule has 0 unspecified atom stereocenters. The minimum absolute atomic E-state index is 0.153. The lowest BCUT2D eigenvalue weighted by atomic mass is 10.2. The zero-order valence-electron chi connectivity index (χ0n) is 11.0. The number of nitrogens with one attached hydrogen (secondary N) is 1. The second kappa shape index (κ2) is 7.52. The van der Waals surface area contributed by atoms with Gasteiger partial charge in [-0.3, -0.25) is 4.79 Å². The number of amides is 3. The highest BCUT2D eigenvalue weighted by Gasteiger charge is 2.22. The van der Waals surface area contributed by atoms with Gasteiger partial charge in [-0.05, 0) is 12.3 Å². The Kier molecular flexibility index (Phi) is 6.77. The summed E-state index contributed by atoms with van der Waals surface area (Å²) in [5, 5.41) is 11.2. The van der Waals surface area contributed by atoms with Crippen molar-refractivity contribution in [1.82, 2.24) is 10.2 Å². The van der Waals surface area contributed by atoms with Crippen LogP contribution in [0.4, 0.5) is 4.79 Å². The maximum Gasteiger partial charge on any atom is 0.326 e. The number of hydrogen-bond donors (Lipinski definition) is 3. The molecule has 0 bridgehead atoms. The third kappa shape index (κ3) is 6.07. The number of nitrogens with two attached hydrogens (primary N) is 1. The van der Waals surface area contributed by atoms with Crippen LogP contribution >= 0.6 is 0 Å². The topological polar surface area (TPSA) is 113 Å². The Morgan fingerprint density at radius 2 is 1.89 bits per heavy atom. The predicted molar refractivity (Wildman–Crippen MR) is 65.9 cm³/mol. The largest absolute Gasteiger partial charge is 0.480 e. The van der Waals surface area contributed by atoms with Gasteiger partial charge in [0.15, 0.2) is 0 Å². The molecule has 0 heterocycles. The van der Waals surface area contributed by atoms with E-state index in [1.807, 2.05) is 13.8 Å². The number of carboxylic acid groups (broad SMARTS) is 1. The number of nitrogens with zero attached hydrogens (tertiary/aromatic N) is 1. The third-order valence-electron chi connectivity index (χ3n) is 2.22. The summed E-state index contributed by atoms with van der Waals surface area (Å²) in [5.74, 6) is -1.58. The molecule has 0 aliphatic rings. The van der Waals surface area contributed by atoms with E-state index in [4.69, 9.17) is 10.8 Å². The number of aliphatic carboxylic acids is 1. The summed E-state index contributed by atoms with van der Waals surface area (Å²) in [6.07, 6.45) is 0.271. The average molecular weight is 259 g/mol. The van der Waals surface area contributed by atoms with Crippen LogP contribution in [0.2, 0.25) is 0 Å². The molecule has 0 aromatic carbocycles. The van der Waals surface area contributed by atoms with Crippen LogP contribution in [-0.2, 0) is 9.59 Å². The summed E-state index contributed by atoms with van der Waals surface area (Å²) in [7, 11) is 0. The quantitative estimate of drug-likeness (QED) is 0.597. The SMILES string of the molecule is CC[C@@H](NC(=O)N(CC(N)=O)CC(C)C)C(=O)O. The molecule has 0 aromatic heterocycles. The molecule has 18 heavy (non-hydrogen) atoms. The minimum Gasteiger partial charge on any atom is -0.480 e. The van der Waals surface area contributed by atoms with Crippen molar-refractivity contribution < 1.29 is 19.5 Å². The first kappa shape index (κ1) is 16.2. The Hall–Kier alpha value is -1.79. The van der Waals surface area contributed by atoms with Crippen LogP contribution in [0.15, 0.2) is 0 Å². The van der Waals surface area contributed by atoms with E-state index >= 15 is 0 Å². The van der Waals surface area contributed by atoms with Gasteiger partial charge in [0.25, 0.3) is 0 Å². The van der Waals surface area contributed by atoms with Crippen LogP contribution in [0.1, 0.15) is 27.2 Å². The first-order valence-corrected chi connectivity index (χ1v) is 5.84. The molecule has 7 heteroatoms. The standard InChI is InChI=1S/C11H21N3O4/c1-4-8(10(16)17)13-11(18)14(5-7(2)3)6-9(12)15/h7-8H,4-6H2,1-3H3,(H2,12,15)(H,13,18)(H,16,17)/t8-/m1/s1. The van der Waals surface area contributed by atoms with Crippen LogP contribution in [0, 0.1) is 5.92 Å². The van der Waals surface area contributed by atoms with E-state index in [2.05, 4.69) is 5.32 Å². The van der Waals surface area contributed by atoms with E-state index < -0.39 is 23.9 Å². The van der Waals surface area contributed by atoms with Gasteiger partial charge in [-0.2, -0.15) is 0 Å². The monoisotopic (exact) mass is 259 g/mol. The summed E-state index contributed by atoms with van der Waals surface area (Å²) in [5.41, 5.74) is 5.05. The van der Waals surface area contributed by atoms with Crippen LogP contribution < -0.4 is 11.1 Å². The van der Waals surface area contributed by atoms with Gasteiger partial charge in [0.2, 0.25) is 5.91 Å². The van der Waals surface area contributed by atoms with Crippen molar-refractivity contribution in [3.05, 3.63) is 0 Å². The van der Waals surface area contributed by atoms with E-state index in [1.165, 1.54) is 4.90 Å². The van der Waals surface area contributed by atoms with Crippen molar-refractivity contribution in [1.29, 1.82) is 0 Å². The first-order valence-electron chi connectivity index (χ1n) is 5.84. The number of carbonyl (C=O) groups is 3. The number of hydrogen-bond acceptors (Lipinski definition) is 3. The summed E-state index contributed by atoms with van der Waals surface area (Å²) in [4.78, 5) is 34.7. The second-order valence-electron chi connectivity index (χ2n) is 4.49. The molecule has 104 valence electrons. The van der Waals surface area contributed by atoms with Crippen LogP contribution in [0.3, 0.4) is 0 Å². The van der Waals surface area contributed by atoms with Crippen molar-refractivity contribution in [3.8, 4) is 0 Å². The summed E-state index contributed by atoms with van der Waals surface area (Å²) < 4.78 is 0. The molecular formula is C11H21N3O4. The first-order chi connectivity index (χ1) is 8.27. The van der Waals surface area contributed by atoms with Gasteiger partial charge in [0.05, 0.1) is 0 Å². The van der Waals surface area contributed by atoms with E-state index in [9.17, 15) is 14.4 Å². The number of carboxylic acids is 1. The number of urea groups is 1. The van der Waals surface area contributed by atoms with Gasteiger partial charge in [-0.15, -0.1) is 0 Å². The lowest BCUT2D eigenvalue weighted by molar-refractivity contribution is -0.139. The fraction of sp³-hybridized carbons (Fsp3) is 0.727. The zero-order chi connectivity index (χ0) is 14.3. The lowest BCUT2D eigenvalue weighted by Gasteiger charge is -2.25. The molecule has 0 aliphatic carbocycles. The van der Waals surface area contributed by atoms with Crippen molar-refractivity contribution in [3.63, 3.8) is 0 Å². The van der Waals surface area contributed by atoms with Crippen molar-refractivity contribution >= 4 is 17.9 Å². The Balaban J connectivity index is 4.63. The molecule has 7 nitrogen and oxygen atoms in total. The van der Waals surface area contributed by atoms with Crippen molar-refractivity contribution in [2.45, 2.75) is 33.2 Å². The normalized spacial score (nSPS) is 12.0. The smallest absolute Gasteiger partial charge is 0.326 e. The summed E-state index contributed by atoms with van der Waals surface area (Å²) in [6.45, 7) is 5.54. The van der Waals surface area contributed by atoms with Crippen molar-refractivity contribution in [2.75, 3.05) is 13.1 Å². The van der Waals surface area contributed by atoms with E-state index in [-0.39, 0.29) is 18.9 Å². The average Bonchev–Trinajstić information content (AvgIpc) is 2.22. The molecule has 3 amide bonds. The maximum absolute atomic E-state index is 11.8. The van der Waals surface area contributed by atoms with Crippen molar-refractivity contribution in [2.24, 2.45) is 11.7 Å². The van der Waals surface area contributed by atoms with Gasteiger partial charge >= 0.3 is 12.0 Å². The highest BCUT2D eigenvalue weighted by Crippen LogP contribution is 2.01. The summed E-state index contributed by atoms with van der Waals surface area (Å²) >= 11 is 0. The van der Waals surface area contributed by atoms with Gasteiger partial charge in [-0.1, -0.05) is 20.8 Å². The molecule has 0 radical (unpaired) electrons. The third-order valence-corrected chi connectivity index (χ3v) is 2.22. The van der Waals surface area contributed by atoms with E-state index in [1.54, 1.807) is 6.92 Å². The molecule has 0 spiro atoms. The minimum atomic E-state index is -1.10. The molecule has 0 aliphatic heterocycles. The zero-order valence-corrected chi connectivity index (χ0v) is 11.0. The van der Waals surface area contributed by atoms with E-state index in [0.29, 0.717) is 6.54 Å². The molecule has 0 fully saturated rings. The molecule has 0 saturated carbocycles. The van der Waals surface area contributed by atoms with Gasteiger partial charge in [0.1, 0.15) is 12.6 Å². The highest BCUT2D eigenvalue weighted by atomic mass is 16.4. The molecule has 0 rings (SSSR count). The number of rotatable bonds is 7. The molecular weight excluding hydrogens is 238 g/mol. The maximum atomic E-state index is 11.8. The van der Waals surface area contributed by atoms with Crippen LogP contribution in [0.25, 0.3) is 0 Å². The fourth-order valence-corrected chi connectivity index (χ4v) is 1.43. The Morgan fingerprint density at radius 1 is 1.33 bits per heavy atom. The molecule has 0 aromatic rings. The van der Waals surface area contributed by atoms with Crippen LogP contribution in [-0.4, -0.2) is 47.0 Å². The van der Waals surface area contributed by atoms with Gasteiger partial charge in [0, 0.05) is 6.54 Å². The molecule has 1 atom stereocenters. The van der Waals surface area contributed by atoms with Gasteiger partial charge in [-0.25, -0.2) is 9.59 Å². The number of primary amides is 1. The highest BCUT2D eigenvalue weighted by molar-refractivity contribution is 5.86. The Bertz CT molecular complexity index is 317. The molecule has 4 N–H and O–H groups in total. The van der Waals surface area contributed by atoms with E-state index in [0.717, 1.165) is 0 Å². The van der Waals surface area contributed by atoms with Crippen LogP contribution in [0.5, 0.6) is 0 Å². The predicted octanol–water partition coefficient (Wildman–Crippen LogP) is 0.00250.